The van der Waals surface area contributed by atoms with E-state index >= 15 is 0 Å². The number of benzene rings is 1. The molecule has 0 radical (unpaired) electrons. The molecule has 2 aromatic rings. The van der Waals surface area contributed by atoms with Gasteiger partial charge in [0.25, 0.3) is 0 Å². The molecule has 0 bridgehead atoms. The first kappa shape index (κ1) is 25.0. The Morgan fingerprint density at radius 1 is 0.935 bits per heavy atom. The summed E-state index contributed by atoms with van der Waals surface area (Å²) in [5.74, 6) is -0.835. The van der Waals surface area contributed by atoms with E-state index < -0.39 is 12.0 Å². The molecule has 1 heterocycles. The average molecular weight is 428 g/mol. The molecule has 2 rings (SSSR count). The Balaban J connectivity index is 1.90. The van der Waals surface area contributed by atoms with Crippen molar-refractivity contribution in [2.75, 3.05) is 0 Å². The zero-order valence-electron chi connectivity index (χ0n) is 19.2. The Morgan fingerprint density at radius 2 is 1.61 bits per heavy atom. The van der Waals surface area contributed by atoms with Crippen molar-refractivity contribution in [3.63, 3.8) is 0 Å². The molecule has 0 aliphatic carbocycles. The summed E-state index contributed by atoms with van der Waals surface area (Å²) in [5, 5.41) is 10.1. The second kappa shape index (κ2) is 14.0. The van der Waals surface area contributed by atoms with Gasteiger partial charge >= 0.3 is 0 Å². The highest BCUT2D eigenvalue weighted by atomic mass is 19.1. The highest BCUT2D eigenvalue weighted by Crippen LogP contribution is 2.27. The Kier molecular flexibility index (Phi) is 11.3. The predicted octanol–water partition coefficient (Wildman–Crippen LogP) is 7.85. The molecule has 0 saturated heterocycles. The number of phenols is 1. The Labute approximate surface area is 187 Å². The van der Waals surface area contributed by atoms with Gasteiger partial charge in [-0.15, -0.1) is 0 Å². The number of halogens is 1. The quantitative estimate of drug-likeness (QED) is 0.232. The highest BCUT2D eigenvalue weighted by molar-refractivity contribution is 6.02. The molecule has 0 spiro atoms. The van der Waals surface area contributed by atoms with Gasteiger partial charge in [-0.1, -0.05) is 77.7 Å². The normalized spacial score (nSPS) is 12.1. The summed E-state index contributed by atoms with van der Waals surface area (Å²) in [6.07, 6.45) is 13.4. The SMILES string of the molecule is CCCCCCCCCCc1ccc(-c2ccc(O)c(C(=O)C(F)CCCC)c2)nc1. The van der Waals surface area contributed by atoms with Crippen LogP contribution in [0.25, 0.3) is 11.3 Å². The molecular weight excluding hydrogens is 389 g/mol. The van der Waals surface area contributed by atoms with Crippen LogP contribution in [0.4, 0.5) is 4.39 Å². The van der Waals surface area contributed by atoms with E-state index in [1.165, 1.54) is 63.0 Å². The van der Waals surface area contributed by atoms with E-state index in [2.05, 4.69) is 18.0 Å². The molecule has 1 atom stereocenters. The zero-order valence-corrected chi connectivity index (χ0v) is 19.2. The van der Waals surface area contributed by atoms with E-state index in [0.717, 1.165) is 18.5 Å². The van der Waals surface area contributed by atoms with Crippen LogP contribution in [0.5, 0.6) is 5.75 Å². The summed E-state index contributed by atoms with van der Waals surface area (Å²) in [5.41, 5.74) is 2.67. The largest absolute Gasteiger partial charge is 0.507 e. The summed E-state index contributed by atoms with van der Waals surface area (Å²) < 4.78 is 14.2. The van der Waals surface area contributed by atoms with Crippen molar-refractivity contribution in [3.05, 3.63) is 47.7 Å². The molecular formula is C27H38FNO2. The highest BCUT2D eigenvalue weighted by Gasteiger charge is 2.22. The minimum Gasteiger partial charge on any atom is -0.507 e. The van der Waals surface area contributed by atoms with E-state index in [4.69, 9.17) is 0 Å². The average Bonchev–Trinajstić information content (AvgIpc) is 2.79. The standard InChI is InChI=1S/C27H38FNO2/c1-3-5-7-8-9-10-11-12-13-21-15-17-25(29-20-21)22-16-18-26(30)23(19-22)27(31)24(28)14-6-4-2/h15-20,24,30H,3-14H2,1-2H3. The fraction of sp³-hybridized carbons (Fsp3) is 0.556. The lowest BCUT2D eigenvalue weighted by atomic mass is 9.98. The number of alkyl halides is 1. The van der Waals surface area contributed by atoms with Gasteiger partial charge in [-0.25, -0.2) is 4.39 Å². The molecule has 0 amide bonds. The molecule has 0 aliphatic rings. The lowest BCUT2D eigenvalue weighted by Gasteiger charge is -2.10. The molecule has 3 nitrogen and oxygen atoms in total. The number of phenolic OH excluding ortho intramolecular Hbond substituents is 1. The van der Waals surface area contributed by atoms with E-state index in [0.29, 0.717) is 12.0 Å². The van der Waals surface area contributed by atoms with Crippen LogP contribution < -0.4 is 0 Å². The van der Waals surface area contributed by atoms with Crippen LogP contribution in [0.3, 0.4) is 0 Å². The van der Waals surface area contributed by atoms with E-state index in [9.17, 15) is 14.3 Å². The monoisotopic (exact) mass is 427 g/mol. The van der Waals surface area contributed by atoms with Gasteiger partial charge in [-0.05, 0) is 49.1 Å². The lowest BCUT2D eigenvalue weighted by Crippen LogP contribution is -2.16. The Hall–Kier alpha value is -2.23. The summed E-state index contributed by atoms with van der Waals surface area (Å²) in [7, 11) is 0. The van der Waals surface area contributed by atoms with Crippen LogP contribution in [-0.2, 0) is 6.42 Å². The van der Waals surface area contributed by atoms with E-state index in [1.807, 2.05) is 19.2 Å². The van der Waals surface area contributed by atoms with Crippen molar-refractivity contribution < 1.29 is 14.3 Å². The van der Waals surface area contributed by atoms with Gasteiger partial charge in [0.2, 0.25) is 5.78 Å². The maximum atomic E-state index is 14.2. The smallest absolute Gasteiger partial charge is 0.200 e. The molecule has 31 heavy (non-hydrogen) atoms. The fourth-order valence-electron chi connectivity index (χ4n) is 3.78. The Bertz CT molecular complexity index is 788. The summed E-state index contributed by atoms with van der Waals surface area (Å²) in [4.78, 5) is 16.9. The zero-order chi connectivity index (χ0) is 22.5. The number of aromatic nitrogens is 1. The van der Waals surface area contributed by atoms with Gasteiger partial charge in [0.05, 0.1) is 11.3 Å². The molecule has 1 aromatic heterocycles. The number of pyridine rings is 1. The van der Waals surface area contributed by atoms with Gasteiger partial charge in [0.1, 0.15) is 5.75 Å². The number of aromatic hydroxyl groups is 1. The number of nitrogens with zero attached hydrogens (tertiary/aromatic N) is 1. The molecule has 170 valence electrons. The summed E-state index contributed by atoms with van der Waals surface area (Å²) in [6, 6.07) is 8.72. The molecule has 0 saturated carbocycles. The van der Waals surface area contributed by atoms with Crippen LogP contribution in [0.1, 0.15) is 100 Å². The van der Waals surface area contributed by atoms with Crippen molar-refractivity contribution >= 4 is 5.78 Å². The first-order valence-corrected chi connectivity index (χ1v) is 12.0. The van der Waals surface area contributed by atoms with Crippen molar-refractivity contribution in [1.29, 1.82) is 0 Å². The van der Waals surface area contributed by atoms with Crippen LogP contribution in [0, 0.1) is 0 Å². The van der Waals surface area contributed by atoms with Crippen LogP contribution >= 0.6 is 0 Å². The molecule has 0 aliphatic heterocycles. The van der Waals surface area contributed by atoms with Gasteiger partial charge in [0, 0.05) is 11.8 Å². The van der Waals surface area contributed by atoms with Crippen LogP contribution in [-0.4, -0.2) is 22.0 Å². The number of aryl methyl sites for hydroxylation is 1. The second-order valence-electron chi connectivity index (χ2n) is 8.48. The van der Waals surface area contributed by atoms with Gasteiger partial charge < -0.3 is 5.11 Å². The van der Waals surface area contributed by atoms with Crippen LogP contribution in [0.2, 0.25) is 0 Å². The van der Waals surface area contributed by atoms with Crippen molar-refractivity contribution in [3.8, 4) is 17.0 Å². The van der Waals surface area contributed by atoms with Crippen LogP contribution in [0.15, 0.2) is 36.5 Å². The third-order valence-electron chi connectivity index (χ3n) is 5.80. The minimum atomic E-state index is -1.58. The number of hydrogen-bond donors (Lipinski definition) is 1. The number of ketones is 1. The number of Topliss-reactive ketones (excluding diaryl/α,β-unsaturated/α-hetero) is 1. The van der Waals surface area contributed by atoms with E-state index in [-0.39, 0.29) is 17.7 Å². The van der Waals surface area contributed by atoms with Gasteiger partial charge in [0.15, 0.2) is 6.17 Å². The number of carbonyl (C=O) groups is 1. The third-order valence-corrected chi connectivity index (χ3v) is 5.80. The summed E-state index contributed by atoms with van der Waals surface area (Å²) in [6.45, 7) is 4.20. The molecule has 4 heteroatoms. The molecule has 1 N–H and O–H groups in total. The van der Waals surface area contributed by atoms with Gasteiger partial charge in [-0.3, -0.25) is 9.78 Å². The first-order chi connectivity index (χ1) is 15.1. The van der Waals surface area contributed by atoms with Crippen molar-refractivity contribution in [2.45, 2.75) is 97.1 Å². The maximum absolute atomic E-state index is 14.2. The lowest BCUT2D eigenvalue weighted by molar-refractivity contribution is 0.0864. The fourth-order valence-corrected chi connectivity index (χ4v) is 3.78. The maximum Gasteiger partial charge on any atom is 0.200 e. The predicted molar refractivity (Wildman–Crippen MR) is 126 cm³/mol. The van der Waals surface area contributed by atoms with Gasteiger partial charge in [-0.2, -0.15) is 0 Å². The Morgan fingerprint density at radius 3 is 2.26 bits per heavy atom. The van der Waals surface area contributed by atoms with E-state index in [1.54, 1.807) is 12.1 Å². The first-order valence-electron chi connectivity index (χ1n) is 12.0. The molecule has 0 fully saturated rings. The summed E-state index contributed by atoms with van der Waals surface area (Å²) >= 11 is 0. The number of unbranched alkanes of at least 4 members (excludes halogenated alkanes) is 8. The number of carbonyl (C=O) groups excluding carboxylic acids is 1. The minimum absolute atomic E-state index is 0.0333. The molecule has 1 aromatic carbocycles. The third kappa shape index (κ3) is 8.43. The molecule has 1 unspecified atom stereocenters. The second-order valence-corrected chi connectivity index (χ2v) is 8.48. The van der Waals surface area contributed by atoms with Crippen molar-refractivity contribution in [1.82, 2.24) is 4.98 Å². The number of rotatable bonds is 15. The topological polar surface area (TPSA) is 50.2 Å². The van der Waals surface area contributed by atoms with Crippen molar-refractivity contribution in [2.24, 2.45) is 0 Å². The number of hydrogen-bond acceptors (Lipinski definition) is 3.